The first kappa shape index (κ1) is 62.1. The van der Waals surface area contributed by atoms with Crippen LogP contribution in [0.2, 0.25) is 0 Å². The first-order chi connectivity index (χ1) is 30.5. The van der Waals surface area contributed by atoms with Gasteiger partial charge in [-0.25, -0.2) is 4.79 Å². The smallest absolute Gasteiger partial charge is 0.434 e. The zero-order valence-corrected chi connectivity index (χ0v) is 45.8. The SMILES string of the molecule is CCCCCCCC[P+](CCCCCCCC)(CCCCCCCC)CCCCOC(=O)OCCCC[P+](CCCCCCCC)(CCCCCCCC)CCCCCCCC. The van der Waals surface area contributed by atoms with Crippen LogP contribution in [-0.2, 0) is 9.47 Å². The molecule has 0 aromatic heterocycles. The maximum absolute atomic E-state index is 12.8. The predicted octanol–water partition coefficient (Wildman–Crippen LogP) is 20.9. The quantitative estimate of drug-likeness (QED) is 0.0346. The molecule has 0 aromatic rings. The fourth-order valence-corrected chi connectivity index (χ4v) is 20.0. The molecule has 62 heavy (non-hydrogen) atoms. The average molecular weight is 914 g/mol. The molecule has 0 aliphatic heterocycles. The molecule has 0 amide bonds. The first-order valence-corrected chi connectivity index (χ1v) is 34.0. The minimum atomic E-state index is -0.978. The Morgan fingerprint density at radius 2 is 0.403 bits per heavy atom. The van der Waals surface area contributed by atoms with Crippen LogP contribution in [-0.4, -0.2) is 68.7 Å². The van der Waals surface area contributed by atoms with Crippen LogP contribution < -0.4 is 0 Å². The van der Waals surface area contributed by atoms with Crippen molar-refractivity contribution in [2.45, 2.75) is 298 Å². The number of hydrogen-bond donors (Lipinski definition) is 0. The summed E-state index contributed by atoms with van der Waals surface area (Å²) in [6.07, 6.45) is 66.8. The van der Waals surface area contributed by atoms with E-state index in [0.717, 1.165) is 12.8 Å². The predicted molar refractivity (Wildman–Crippen MR) is 289 cm³/mol. The van der Waals surface area contributed by atoms with Gasteiger partial charge in [0, 0.05) is 14.5 Å². The molecular formula is C57H118O3P2+2. The van der Waals surface area contributed by atoms with Crippen molar-refractivity contribution in [2.75, 3.05) is 62.5 Å². The second-order valence-electron chi connectivity index (χ2n) is 20.4. The van der Waals surface area contributed by atoms with Crippen LogP contribution in [0.1, 0.15) is 298 Å². The van der Waals surface area contributed by atoms with E-state index in [4.69, 9.17) is 9.47 Å². The Kier molecular flexibility index (Phi) is 49.1. The van der Waals surface area contributed by atoms with Crippen LogP contribution in [0.25, 0.3) is 0 Å². The van der Waals surface area contributed by atoms with Gasteiger partial charge in [0.1, 0.15) is 0 Å². The molecule has 0 aliphatic carbocycles. The molecule has 0 saturated carbocycles. The topological polar surface area (TPSA) is 35.5 Å². The number of carbonyl (C=O) groups is 1. The minimum Gasteiger partial charge on any atom is -0.434 e. The molecule has 0 fully saturated rings. The summed E-state index contributed by atoms with van der Waals surface area (Å²) in [5.41, 5.74) is 0. The van der Waals surface area contributed by atoms with Gasteiger partial charge in [0.2, 0.25) is 0 Å². The third kappa shape index (κ3) is 40.4. The van der Waals surface area contributed by atoms with Gasteiger partial charge in [-0.2, -0.15) is 0 Å². The summed E-state index contributed by atoms with van der Waals surface area (Å²) in [7, 11) is -1.96. The van der Waals surface area contributed by atoms with Crippen molar-refractivity contribution in [1.82, 2.24) is 0 Å². The second-order valence-corrected chi connectivity index (χ2v) is 29.4. The third-order valence-electron chi connectivity index (χ3n) is 14.4. The Morgan fingerprint density at radius 3 is 0.597 bits per heavy atom. The molecule has 0 atom stereocenters. The lowest BCUT2D eigenvalue weighted by Gasteiger charge is -2.28. The highest BCUT2D eigenvalue weighted by Gasteiger charge is 2.36. The van der Waals surface area contributed by atoms with Gasteiger partial charge in [-0.3, -0.25) is 0 Å². The summed E-state index contributed by atoms with van der Waals surface area (Å²) in [5, 5.41) is 0. The fraction of sp³-hybridized carbons (Fsp3) is 0.982. The van der Waals surface area contributed by atoms with Gasteiger partial charge in [-0.05, 0) is 103 Å². The van der Waals surface area contributed by atoms with E-state index >= 15 is 0 Å². The van der Waals surface area contributed by atoms with Crippen LogP contribution in [0.5, 0.6) is 0 Å². The van der Waals surface area contributed by atoms with E-state index in [1.165, 1.54) is 293 Å². The van der Waals surface area contributed by atoms with E-state index in [1.807, 2.05) is 0 Å². The maximum atomic E-state index is 12.8. The standard InChI is InChI=1S/C57H118O3P2/c1-7-13-19-25-31-39-49-61(50-40-32-26-20-14-8-2,51-41-33-27-21-15-9-3)55-45-37-47-59-57(58)60-48-38-46-56-62(52-42-34-28-22-16-10-4,53-43-35-29-23-17-11-5)54-44-36-30-24-18-12-6/h7-56H2,1-6H3/q+2. The van der Waals surface area contributed by atoms with Gasteiger partial charge < -0.3 is 9.47 Å². The summed E-state index contributed by atoms with van der Waals surface area (Å²) in [6, 6.07) is 0. The molecule has 0 unspecified atom stereocenters. The molecule has 0 radical (unpaired) electrons. The summed E-state index contributed by atoms with van der Waals surface area (Å²) in [6.45, 7) is 15.1. The number of rotatable bonds is 52. The Morgan fingerprint density at radius 1 is 0.242 bits per heavy atom. The van der Waals surface area contributed by atoms with Crippen LogP contribution in [0.4, 0.5) is 4.79 Å². The molecule has 0 heterocycles. The Balaban J connectivity index is 5.21. The monoisotopic (exact) mass is 913 g/mol. The van der Waals surface area contributed by atoms with Crippen molar-refractivity contribution in [3.05, 3.63) is 0 Å². The van der Waals surface area contributed by atoms with Crippen molar-refractivity contribution in [2.24, 2.45) is 0 Å². The highest BCUT2D eigenvalue weighted by molar-refractivity contribution is 7.76. The van der Waals surface area contributed by atoms with E-state index in [0.29, 0.717) is 13.2 Å². The zero-order chi connectivity index (χ0) is 45.3. The normalized spacial score (nSPS) is 12.1. The molecule has 0 saturated heterocycles. The largest absolute Gasteiger partial charge is 0.508 e. The van der Waals surface area contributed by atoms with Crippen molar-refractivity contribution in [3.63, 3.8) is 0 Å². The lowest BCUT2D eigenvalue weighted by atomic mass is 10.1. The highest BCUT2D eigenvalue weighted by Crippen LogP contribution is 2.62. The molecule has 0 aromatic carbocycles. The van der Waals surface area contributed by atoms with E-state index in [-0.39, 0.29) is 0 Å². The van der Waals surface area contributed by atoms with E-state index in [9.17, 15) is 4.79 Å². The minimum absolute atomic E-state index is 0.412. The number of ether oxygens (including phenoxy) is 2. The Hall–Kier alpha value is 0.130. The van der Waals surface area contributed by atoms with Crippen molar-refractivity contribution in [1.29, 1.82) is 0 Å². The number of unbranched alkanes of at least 4 members (excludes halogenated alkanes) is 32. The van der Waals surface area contributed by atoms with Gasteiger partial charge in [0.15, 0.2) is 0 Å². The maximum Gasteiger partial charge on any atom is 0.508 e. The van der Waals surface area contributed by atoms with Crippen LogP contribution in [0.3, 0.4) is 0 Å². The summed E-state index contributed by atoms with van der Waals surface area (Å²) in [5.74, 6) is 0. The van der Waals surface area contributed by atoms with Crippen LogP contribution in [0.15, 0.2) is 0 Å². The van der Waals surface area contributed by atoms with Crippen molar-refractivity contribution < 1.29 is 14.3 Å². The van der Waals surface area contributed by atoms with Gasteiger partial charge in [-0.15, -0.1) is 0 Å². The number of carbonyl (C=O) groups excluding carboxylic acids is 1. The van der Waals surface area contributed by atoms with E-state index in [1.54, 1.807) is 0 Å². The fourth-order valence-electron chi connectivity index (χ4n) is 10.2. The molecule has 0 aliphatic rings. The Bertz CT molecular complexity index is 730. The molecule has 0 spiro atoms. The molecule has 0 rings (SSSR count). The third-order valence-corrected chi connectivity index (χ3v) is 24.5. The van der Waals surface area contributed by atoms with Gasteiger partial charge in [-0.1, -0.05) is 196 Å². The van der Waals surface area contributed by atoms with E-state index < -0.39 is 20.7 Å². The van der Waals surface area contributed by atoms with Gasteiger partial charge in [0.25, 0.3) is 0 Å². The zero-order valence-electron chi connectivity index (χ0n) is 44.0. The number of hydrogen-bond acceptors (Lipinski definition) is 3. The van der Waals surface area contributed by atoms with Gasteiger partial charge in [0.05, 0.1) is 62.5 Å². The van der Waals surface area contributed by atoms with Crippen LogP contribution >= 0.6 is 14.5 Å². The van der Waals surface area contributed by atoms with Crippen molar-refractivity contribution >= 4 is 20.7 Å². The summed E-state index contributed by atoms with van der Waals surface area (Å²) in [4.78, 5) is 12.8. The highest BCUT2D eigenvalue weighted by atomic mass is 31.2. The van der Waals surface area contributed by atoms with Crippen molar-refractivity contribution in [3.8, 4) is 0 Å². The molecule has 0 N–H and O–H groups in total. The lowest BCUT2D eigenvalue weighted by molar-refractivity contribution is 0.0536. The van der Waals surface area contributed by atoms with Gasteiger partial charge >= 0.3 is 6.16 Å². The average Bonchev–Trinajstić information content (AvgIpc) is 3.27. The molecule has 3 nitrogen and oxygen atoms in total. The van der Waals surface area contributed by atoms with E-state index in [2.05, 4.69) is 41.5 Å². The summed E-state index contributed by atoms with van der Waals surface area (Å²) < 4.78 is 11.5. The lowest BCUT2D eigenvalue weighted by Crippen LogP contribution is -2.15. The summed E-state index contributed by atoms with van der Waals surface area (Å²) >= 11 is 0. The molecule has 0 bridgehead atoms. The Labute approximate surface area is 394 Å². The molecule has 372 valence electrons. The van der Waals surface area contributed by atoms with Crippen LogP contribution in [0, 0.1) is 0 Å². The molecule has 5 heteroatoms. The second kappa shape index (κ2) is 49.0. The molecular weight excluding hydrogens is 795 g/mol. The first-order valence-electron chi connectivity index (χ1n) is 29.0.